The minimum absolute atomic E-state index is 0.154. The molecule has 0 heterocycles. The van der Waals surface area contributed by atoms with Gasteiger partial charge in [-0.1, -0.05) is 51.5 Å². The van der Waals surface area contributed by atoms with E-state index in [0.717, 1.165) is 12.8 Å². The molecule has 1 unspecified atom stereocenters. The van der Waals surface area contributed by atoms with E-state index < -0.39 is 6.04 Å². The first-order valence-electron chi connectivity index (χ1n) is 8.77. The number of nitrogens with one attached hydrogen (secondary N) is 1. The molecule has 5 heteroatoms. The van der Waals surface area contributed by atoms with Crippen molar-refractivity contribution in [3.63, 3.8) is 0 Å². The van der Waals surface area contributed by atoms with Crippen LogP contribution in [0.15, 0.2) is 36.0 Å². The smallest absolute Gasteiger partial charge is 0.328 e. The first-order valence-corrected chi connectivity index (χ1v) is 8.77. The highest BCUT2D eigenvalue weighted by Gasteiger charge is 2.29. The van der Waals surface area contributed by atoms with Gasteiger partial charge in [-0.3, -0.25) is 9.59 Å². The second-order valence-electron chi connectivity index (χ2n) is 6.64. The highest BCUT2D eigenvalue weighted by atomic mass is 16.5. The molecule has 1 aliphatic carbocycles. The number of Topliss-reactive ketones (excluding diaryl/α,β-unsaturated/α-hetero) is 1. The number of rotatable bonds is 8. The highest BCUT2D eigenvalue weighted by Crippen LogP contribution is 2.21. The van der Waals surface area contributed by atoms with E-state index in [1.54, 1.807) is 24.3 Å². The maximum absolute atomic E-state index is 12.6. The van der Waals surface area contributed by atoms with Crippen LogP contribution < -0.4 is 5.32 Å². The molecule has 2 rings (SSSR count). The molecule has 0 saturated carbocycles. The normalized spacial score (nSPS) is 14.8. The third kappa shape index (κ3) is 4.78. The van der Waals surface area contributed by atoms with Crippen LogP contribution >= 0.6 is 0 Å². The van der Waals surface area contributed by atoms with Crippen LogP contribution in [0.3, 0.4) is 0 Å². The molecule has 0 radical (unpaired) electrons. The van der Waals surface area contributed by atoms with Crippen LogP contribution in [0.25, 0.3) is 0 Å². The Morgan fingerprint density at radius 1 is 1.16 bits per heavy atom. The van der Waals surface area contributed by atoms with Crippen LogP contribution in [-0.2, 0) is 9.53 Å². The largest absolute Gasteiger partial charge is 0.464 e. The molecule has 25 heavy (non-hydrogen) atoms. The predicted octanol–water partition coefficient (Wildman–Crippen LogP) is 3.30. The van der Waals surface area contributed by atoms with Crippen LogP contribution in [0.5, 0.6) is 0 Å². The number of benzene rings is 1. The number of unbranched alkanes of at least 4 members (excludes halogenated alkanes) is 1. The van der Waals surface area contributed by atoms with Gasteiger partial charge >= 0.3 is 5.97 Å². The molecule has 0 aromatic heterocycles. The highest BCUT2D eigenvalue weighted by molar-refractivity contribution is 6.24. The summed E-state index contributed by atoms with van der Waals surface area (Å²) in [5.74, 6) is -0.661. The quantitative estimate of drug-likeness (QED) is 0.579. The third-order valence-corrected chi connectivity index (χ3v) is 4.02. The van der Waals surface area contributed by atoms with Gasteiger partial charge in [-0.25, -0.2) is 4.79 Å². The molecular weight excluding hydrogens is 318 g/mol. The van der Waals surface area contributed by atoms with Gasteiger partial charge < -0.3 is 10.1 Å². The molecule has 1 N–H and O–H groups in total. The molecule has 0 fully saturated rings. The van der Waals surface area contributed by atoms with Crippen LogP contribution in [-0.4, -0.2) is 30.2 Å². The number of hydrogen-bond donors (Lipinski definition) is 1. The van der Waals surface area contributed by atoms with Gasteiger partial charge in [0.25, 0.3) is 0 Å². The van der Waals surface area contributed by atoms with Crippen molar-refractivity contribution in [3.05, 3.63) is 47.2 Å². The average Bonchev–Trinajstić information content (AvgIpc) is 2.58. The van der Waals surface area contributed by atoms with E-state index in [-0.39, 0.29) is 29.2 Å². The molecule has 0 aliphatic heterocycles. The number of hydrogen-bond acceptors (Lipinski definition) is 5. The molecule has 1 aromatic carbocycles. The standard InChI is InChI=1S/C20H25NO4/c1-4-5-10-25-20(24)17(11-13(2)3)21-16-12-18(22)14-8-6-7-9-15(14)19(16)23/h6-9,12-13,17,21H,4-5,10-11H2,1-3H3. The molecular formula is C20H25NO4. The topological polar surface area (TPSA) is 72.5 Å². The summed E-state index contributed by atoms with van der Waals surface area (Å²) in [7, 11) is 0. The summed E-state index contributed by atoms with van der Waals surface area (Å²) in [5, 5.41) is 2.95. The average molecular weight is 343 g/mol. The van der Waals surface area contributed by atoms with Crippen molar-refractivity contribution in [2.75, 3.05) is 6.61 Å². The number of carbonyl (C=O) groups is 3. The van der Waals surface area contributed by atoms with Gasteiger partial charge in [0, 0.05) is 17.2 Å². The summed E-state index contributed by atoms with van der Waals surface area (Å²) in [6, 6.07) is 6.06. The van der Waals surface area contributed by atoms with E-state index in [1.165, 1.54) is 6.08 Å². The van der Waals surface area contributed by atoms with Crippen molar-refractivity contribution >= 4 is 17.5 Å². The van der Waals surface area contributed by atoms with Gasteiger partial charge in [0.15, 0.2) is 5.78 Å². The zero-order valence-corrected chi connectivity index (χ0v) is 15.0. The molecule has 0 spiro atoms. The van der Waals surface area contributed by atoms with Crippen molar-refractivity contribution in [3.8, 4) is 0 Å². The van der Waals surface area contributed by atoms with Crippen LogP contribution in [0, 0.1) is 5.92 Å². The molecule has 0 bridgehead atoms. The minimum atomic E-state index is -0.648. The Balaban J connectivity index is 2.16. The first-order chi connectivity index (χ1) is 11.9. The van der Waals surface area contributed by atoms with Crippen LogP contribution in [0.1, 0.15) is 60.7 Å². The van der Waals surface area contributed by atoms with E-state index in [2.05, 4.69) is 5.32 Å². The second kappa shape index (κ2) is 8.60. The lowest BCUT2D eigenvalue weighted by atomic mass is 9.92. The fraction of sp³-hybridized carbons (Fsp3) is 0.450. The molecule has 5 nitrogen and oxygen atoms in total. The summed E-state index contributed by atoms with van der Waals surface area (Å²) in [6.07, 6.45) is 3.53. The zero-order chi connectivity index (χ0) is 18.4. The van der Waals surface area contributed by atoms with E-state index in [0.29, 0.717) is 24.2 Å². The molecule has 1 aromatic rings. The Morgan fingerprint density at radius 2 is 1.84 bits per heavy atom. The number of esters is 1. The van der Waals surface area contributed by atoms with Crippen molar-refractivity contribution in [1.29, 1.82) is 0 Å². The molecule has 0 saturated heterocycles. The van der Waals surface area contributed by atoms with Crippen LogP contribution in [0.2, 0.25) is 0 Å². The van der Waals surface area contributed by atoms with E-state index in [1.807, 2.05) is 20.8 Å². The monoisotopic (exact) mass is 343 g/mol. The van der Waals surface area contributed by atoms with Gasteiger partial charge in [0.2, 0.25) is 5.78 Å². The van der Waals surface area contributed by atoms with E-state index in [4.69, 9.17) is 4.74 Å². The lowest BCUT2D eigenvalue weighted by molar-refractivity contribution is -0.146. The van der Waals surface area contributed by atoms with Crippen LogP contribution in [0.4, 0.5) is 0 Å². The number of allylic oxidation sites excluding steroid dienone is 2. The summed E-state index contributed by atoms with van der Waals surface area (Å²) in [5.41, 5.74) is 0.908. The molecule has 134 valence electrons. The van der Waals surface area contributed by atoms with Crippen molar-refractivity contribution in [2.45, 2.75) is 46.1 Å². The maximum atomic E-state index is 12.6. The summed E-state index contributed by atoms with van der Waals surface area (Å²) >= 11 is 0. The lowest BCUT2D eigenvalue weighted by Crippen LogP contribution is -2.41. The minimum Gasteiger partial charge on any atom is -0.464 e. The summed E-state index contributed by atoms with van der Waals surface area (Å²) in [6.45, 7) is 6.36. The third-order valence-electron chi connectivity index (χ3n) is 4.02. The fourth-order valence-electron chi connectivity index (χ4n) is 2.71. The zero-order valence-electron chi connectivity index (χ0n) is 15.0. The van der Waals surface area contributed by atoms with E-state index >= 15 is 0 Å². The Bertz CT molecular complexity index is 691. The van der Waals surface area contributed by atoms with Gasteiger partial charge in [0.05, 0.1) is 12.3 Å². The van der Waals surface area contributed by atoms with Gasteiger partial charge in [-0.2, -0.15) is 0 Å². The summed E-state index contributed by atoms with van der Waals surface area (Å²) < 4.78 is 5.29. The SMILES string of the molecule is CCCCOC(=O)C(CC(C)C)NC1=CC(=O)c2ccccc2C1=O. The van der Waals surface area contributed by atoms with Crippen molar-refractivity contribution in [1.82, 2.24) is 5.32 Å². The Morgan fingerprint density at radius 3 is 2.48 bits per heavy atom. The summed E-state index contributed by atoms with van der Waals surface area (Å²) in [4.78, 5) is 37.2. The fourth-order valence-corrected chi connectivity index (χ4v) is 2.71. The van der Waals surface area contributed by atoms with Gasteiger partial charge in [-0.05, 0) is 18.8 Å². The second-order valence-corrected chi connectivity index (χ2v) is 6.64. The maximum Gasteiger partial charge on any atom is 0.328 e. The first kappa shape index (κ1) is 18.9. The molecule has 1 aliphatic rings. The Kier molecular flexibility index (Phi) is 6.51. The molecule has 1 atom stereocenters. The van der Waals surface area contributed by atoms with Gasteiger partial charge in [0.1, 0.15) is 6.04 Å². The molecule has 0 amide bonds. The predicted molar refractivity (Wildman–Crippen MR) is 95.4 cm³/mol. The Hall–Kier alpha value is -2.43. The number of ketones is 2. The van der Waals surface area contributed by atoms with Crippen molar-refractivity contribution in [2.24, 2.45) is 5.92 Å². The lowest BCUT2D eigenvalue weighted by Gasteiger charge is -2.23. The number of fused-ring (bicyclic) bond motifs is 1. The Labute approximate surface area is 148 Å². The van der Waals surface area contributed by atoms with Gasteiger partial charge in [-0.15, -0.1) is 0 Å². The number of carbonyl (C=O) groups excluding carboxylic acids is 3. The van der Waals surface area contributed by atoms with E-state index in [9.17, 15) is 14.4 Å². The number of ether oxygens (including phenoxy) is 1. The van der Waals surface area contributed by atoms with Crippen molar-refractivity contribution < 1.29 is 19.1 Å².